The van der Waals surface area contributed by atoms with Gasteiger partial charge in [0.1, 0.15) is 0 Å². The maximum atomic E-state index is 6.94. The van der Waals surface area contributed by atoms with E-state index in [1.807, 2.05) is 6.26 Å². The van der Waals surface area contributed by atoms with Crippen molar-refractivity contribution in [3.05, 3.63) is 35.8 Å². The van der Waals surface area contributed by atoms with Gasteiger partial charge < -0.3 is 9.16 Å². The van der Waals surface area contributed by atoms with E-state index in [0.717, 1.165) is 6.42 Å². The first-order valence-electron chi connectivity index (χ1n) is 10.1. The lowest BCUT2D eigenvalue weighted by Gasteiger charge is -2.54. The van der Waals surface area contributed by atoms with Crippen LogP contribution < -0.4 is 0 Å². The highest BCUT2D eigenvalue weighted by atomic mass is 28.4. The fourth-order valence-electron chi connectivity index (χ4n) is 4.84. The van der Waals surface area contributed by atoms with Gasteiger partial charge in [-0.25, -0.2) is 0 Å². The zero-order valence-electron chi connectivity index (χ0n) is 18.6. The molecule has 0 aromatic rings. The fraction of sp³-hybridized carbons (Fsp3) is 0.739. The van der Waals surface area contributed by atoms with Gasteiger partial charge in [-0.2, -0.15) is 0 Å². The van der Waals surface area contributed by atoms with E-state index >= 15 is 0 Å². The zero-order chi connectivity index (χ0) is 20.0. The van der Waals surface area contributed by atoms with Crippen LogP contribution in [0.5, 0.6) is 0 Å². The van der Waals surface area contributed by atoms with Crippen LogP contribution in [0, 0.1) is 16.7 Å². The van der Waals surface area contributed by atoms with E-state index in [1.54, 1.807) is 12.7 Å². The molecule has 0 saturated heterocycles. The van der Waals surface area contributed by atoms with Crippen molar-refractivity contribution >= 4 is 8.32 Å². The summed E-state index contributed by atoms with van der Waals surface area (Å²) >= 11 is 0. The van der Waals surface area contributed by atoms with Crippen LogP contribution in [0.4, 0.5) is 0 Å². The molecule has 2 aliphatic rings. The normalized spacial score (nSPS) is 29.7. The molecule has 2 nitrogen and oxygen atoms in total. The zero-order valence-corrected chi connectivity index (χ0v) is 19.6. The summed E-state index contributed by atoms with van der Waals surface area (Å²) in [5, 5.41) is 0.198. The third-order valence-corrected chi connectivity index (χ3v) is 11.5. The smallest absolute Gasteiger partial charge is 0.250 e. The van der Waals surface area contributed by atoms with Crippen LogP contribution in [0.2, 0.25) is 18.1 Å². The van der Waals surface area contributed by atoms with Crippen molar-refractivity contribution in [3.8, 4) is 0 Å². The number of allylic oxidation sites excluding steroid dienone is 3. The average Bonchev–Trinajstić information content (AvgIpc) is 2.43. The highest BCUT2D eigenvalue weighted by Crippen LogP contribution is 2.61. The number of rotatable bonds is 4. The lowest BCUT2D eigenvalue weighted by Crippen LogP contribution is -2.47. The van der Waals surface area contributed by atoms with Gasteiger partial charge >= 0.3 is 0 Å². The molecule has 3 heteroatoms. The minimum atomic E-state index is -1.88. The Morgan fingerprint density at radius 3 is 2.31 bits per heavy atom. The molecule has 0 heterocycles. The Morgan fingerprint density at radius 1 is 1.15 bits per heavy atom. The van der Waals surface area contributed by atoms with Gasteiger partial charge in [0, 0.05) is 17.8 Å². The molecule has 0 radical (unpaired) electrons. The van der Waals surface area contributed by atoms with Crippen molar-refractivity contribution in [2.24, 2.45) is 16.7 Å². The molecule has 2 aliphatic carbocycles. The summed E-state index contributed by atoms with van der Waals surface area (Å²) < 4.78 is 12.2. The van der Waals surface area contributed by atoms with Gasteiger partial charge in [0.25, 0.3) is 0 Å². The molecule has 1 saturated carbocycles. The molecule has 2 atom stereocenters. The standard InChI is InChI=1S/C23H40O2Si/c1-17-16-19(25-26(9,10)21(2,3)4)20-22(5,6)13-11-14-23(20,7)18(17)12-15-24-8/h12,15,18H,1,11,13-14,16H2,2-10H3/b15-12+/t18-,23+/m0/s1. The minimum Gasteiger partial charge on any atom is -0.546 e. The largest absolute Gasteiger partial charge is 0.546 e. The van der Waals surface area contributed by atoms with Crippen LogP contribution in [0.1, 0.15) is 67.2 Å². The molecule has 1 fully saturated rings. The summed E-state index contributed by atoms with van der Waals surface area (Å²) in [5.41, 5.74) is 3.05. The fourth-order valence-corrected chi connectivity index (χ4v) is 5.93. The van der Waals surface area contributed by atoms with Crippen molar-refractivity contribution in [3.63, 3.8) is 0 Å². The Morgan fingerprint density at radius 2 is 1.77 bits per heavy atom. The first kappa shape index (κ1) is 21.3. The van der Waals surface area contributed by atoms with Crippen molar-refractivity contribution in [2.75, 3.05) is 7.11 Å². The van der Waals surface area contributed by atoms with Gasteiger partial charge in [0.15, 0.2) is 0 Å². The summed E-state index contributed by atoms with van der Waals surface area (Å²) in [4.78, 5) is 0. The van der Waals surface area contributed by atoms with E-state index in [0.29, 0.717) is 5.92 Å². The van der Waals surface area contributed by atoms with Crippen LogP contribution in [0.3, 0.4) is 0 Å². The number of fused-ring (bicyclic) bond motifs is 1. The summed E-state index contributed by atoms with van der Waals surface area (Å²) in [5.74, 6) is 1.56. The van der Waals surface area contributed by atoms with Gasteiger partial charge in [0.2, 0.25) is 8.32 Å². The summed E-state index contributed by atoms with van der Waals surface area (Å²) in [6, 6.07) is 0. The van der Waals surface area contributed by atoms with Gasteiger partial charge in [-0.3, -0.25) is 0 Å². The molecular weight excluding hydrogens is 336 g/mol. The molecule has 0 unspecified atom stereocenters. The molecule has 0 amide bonds. The van der Waals surface area contributed by atoms with Crippen molar-refractivity contribution < 1.29 is 9.16 Å². The summed E-state index contributed by atoms with van der Waals surface area (Å²) in [6.45, 7) is 23.4. The van der Waals surface area contributed by atoms with Crippen LogP contribution in [0.15, 0.2) is 35.8 Å². The Balaban J connectivity index is 2.60. The second kappa shape index (κ2) is 6.89. The van der Waals surface area contributed by atoms with Crippen molar-refractivity contribution in [2.45, 2.75) is 85.4 Å². The van der Waals surface area contributed by atoms with Gasteiger partial charge in [-0.1, -0.05) is 60.1 Å². The number of hydrogen-bond acceptors (Lipinski definition) is 2. The van der Waals surface area contributed by atoms with Crippen LogP contribution >= 0.6 is 0 Å². The molecule has 0 aromatic heterocycles. The average molecular weight is 377 g/mol. The number of ether oxygens (including phenoxy) is 1. The first-order valence-corrected chi connectivity index (χ1v) is 13.0. The Hall–Kier alpha value is -0.963. The molecule has 2 rings (SSSR count). The number of hydrogen-bond donors (Lipinski definition) is 0. The Labute approximate surface area is 162 Å². The third kappa shape index (κ3) is 3.69. The maximum Gasteiger partial charge on any atom is 0.250 e. The minimum absolute atomic E-state index is 0.0732. The van der Waals surface area contributed by atoms with Crippen LogP contribution in [0.25, 0.3) is 0 Å². The molecule has 26 heavy (non-hydrogen) atoms. The van der Waals surface area contributed by atoms with E-state index in [9.17, 15) is 0 Å². The predicted molar refractivity (Wildman–Crippen MR) is 114 cm³/mol. The predicted octanol–water partition coefficient (Wildman–Crippen LogP) is 7.21. The van der Waals surface area contributed by atoms with E-state index in [2.05, 4.69) is 67.3 Å². The third-order valence-electron chi connectivity index (χ3n) is 7.13. The maximum absolute atomic E-state index is 6.94. The van der Waals surface area contributed by atoms with Crippen LogP contribution in [-0.4, -0.2) is 15.4 Å². The van der Waals surface area contributed by atoms with Gasteiger partial charge in [-0.15, -0.1) is 0 Å². The van der Waals surface area contributed by atoms with Gasteiger partial charge in [0.05, 0.1) is 19.1 Å². The SMILES string of the molecule is C=C1CC(O[Si](C)(C)C(C)(C)C)=C2C(C)(C)CCC[C@]2(C)[C@H]1/C=C/OC. The van der Waals surface area contributed by atoms with E-state index < -0.39 is 8.32 Å². The highest BCUT2D eigenvalue weighted by Gasteiger charge is 2.52. The van der Waals surface area contributed by atoms with Crippen LogP contribution in [-0.2, 0) is 9.16 Å². The first-order chi connectivity index (χ1) is 11.8. The summed E-state index contributed by atoms with van der Waals surface area (Å²) in [7, 11) is -0.163. The lowest BCUT2D eigenvalue weighted by molar-refractivity contribution is 0.134. The Bertz CT molecular complexity index is 619. The quantitative estimate of drug-likeness (QED) is 0.293. The molecule has 0 bridgehead atoms. The summed E-state index contributed by atoms with van der Waals surface area (Å²) in [6.07, 6.45) is 8.58. The second-order valence-electron chi connectivity index (χ2n) is 10.7. The van der Waals surface area contributed by atoms with Crippen molar-refractivity contribution in [1.82, 2.24) is 0 Å². The van der Waals surface area contributed by atoms with E-state index in [1.165, 1.54) is 30.6 Å². The van der Waals surface area contributed by atoms with Gasteiger partial charge in [-0.05, 0) is 48.0 Å². The Kier molecular flexibility index (Phi) is 5.65. The lowest BCUT2D eigenvalue weighted by atomic mass is 9.52. The van der Waals surface area contributed by atoms with E-state index in [4.69, 9.17) is 9.16 Å². The molecular formula is C23H40O2Si. The highest BCUT2D eigenvalue weighted by molar-refractivity contribution is 6.74. The topological polar surface area (TPSA) is 18.5 Å². The van der Waals surface area contributed by atoms with E-state index in [-0.39, 0.29) is 15.9 Å². The molecule has 148 valence electrons. The van der Waals surface area contributed by atoms with Crippen molar-refractivity contribution in [1.29, 1.82) is 0 Å². The molecule has 0 spiro atoms. The molecule has 0 N–H and O–H groups in total. The number of methoxy groups -OCH3 is 1. The second-order valence-corrected chi connectivity index (χ2v) is 15.4. The molecule has 0 aliphatic heterocycles. The monoisotopic (exact) mass is 376 g/mol. The molecule has 0 aromatic carbocycles.